The van der Waals surface area contributed by atoms with E-state index in [0.717, 1.165) is 122 Å². The van der Waals surface area contributed by atoms with Crippen LogP contribution in [0.3, 0.4) is 0 Å². The molecule has 8 heteroatoms. The minimum absolute atomic E-state index is 0.891. The SMILES string of the molecule is C=CC(=CC)n1c2ccc(-c3cccc(-c4ccc(-n5c6ccccc6c6c7sc8c(-c9ccccc9)cccc8c7ccc65)c5oc6c([Si](C)(C)C)cccc6c45)c3)cc2c2cc(-c3ccc4c(c3)c3ccccc3n4-c3cccc4c3oc3c([Si](C)(C)C)cccc34)ccc21. The van der Waals surface area contributed by atoms with Gasteiger partial charge in [-0.25, -0.2) is 0 Å². The van der Waals surface area contributed by atoms with Gasteiger partial charge in [-0.15, -0.1) is 11.3 Å². The summed E-state index contributed by atoms with van der Waals surface area (Å²) < 4.78 is 24.4. The smallest absolute Gasteiger partial charge is 0.160 e. The maximum atomic E-state index is 7.50. The molecular weight excluding hydrogens is 1230 g/mol. The van der Waals surface area contributed by atoms with Crippen LogP contribution >= 0.6 is 11.3 Å². The Hall–Kier alpha value is -11.0. The molecule has 5 nitrogen and oxygen atoms in total. The van der Waals surface area contributed by atoms with Gasteiger partial charge in [-0.1, -0.05) is 234 Å². The van der Waals surface area contributed by atoms with Crippen LogP contribution in [0, 0.1) is 0 Å². The number of para-hydroxylation sites is 5. The molecule has 0 unspecified atom stereocenters. The Balaban J connectivity index is 0.758. The van der Waals surface area contributed by atoms with Gasteiger partial charge >= 0.3 is 0 Å². The summed E-state index contributed by atoms with van der Waals surface area (Å²) in [6.45, 7) is 20.9. The van der Waals surface area contributed by atoms with Gasteiger partial charge in [0.15, 0.2) is 11.2 Å². The van der Waals surface area contributed by atoms with Gasteiger partial charge in [0.1, 0.15) is 11.2 Å². The highest BCUT2D eigenvalue weighted by atomic mass is 32.1. The first kappa shape index (κ1) is 57.4. The van der Waals surface area contributed by atoms with E-state index in [1.54, 1.807) is 0 Å². The summed E-state index contributed by atoms with van der Waals surface area (Å²) in [5.41, 5.74) is 23.2. The third-order valence-electron chi connectivity index (χ3n) is 20.7. The summed E-state index contributed by atoms with van der Waals surface area (Å²) >= 11 is 1.91. The van der Waals surface area contributed by atoms with Crippen molar-refractivity contribution in [1.82, 2.24) is 13.7 Å². The Morgan fingerprint density at radius 2 is 0.825 bits per heavy atom. The molecule has 0 saturated heterocycles. The van der Waals surface area contributed by atoms with Crippen molar-refractivity contribution < 1.29 is 8.83 Å². The summed E-state index contributed by atoms with van der Waals surface area (Å²) in [5, 5.41) is 17.1. The molecule has 0 radical (unpaired) electrons. The molecule has 0 bridgehead atoms. The summed E-state index contributed by atoms with van der Waals surface area (Å²) in [4.78, 5) is 0. The highest BCUT2D eigenvalue weighted by Crippen LogP contribution is 2.49. The predicted octanol–water partition coefficient (Wildman–Crippen LogP) is 25.0. The predicted molar refractivity (Wildman–Crippen MR) is 423 cm³/mol. The number of nitrogens with zero attached hydrogens (tertiary/aromatic N) is 3. The molecule has 19 rings (SSSR count). The number of hydrogen-bond acceptors (Lipinski definition) is 3. The van der Waals surface area contributed by atoms with Crippen LogP contribution in [0.4, 0.5) is 0 Å². The zero-order valence-corrected chi connectivity index (χ0v) is 58.0. The monoisotopic (exact) mass is 1300 g/mol. The number of fused-ring (bicyclic) bond motifs is 19. The van der Waals surface area contributed by atoms with Crippen molar-refractivity contribution in [3.05, 3.63) is 274 Å². The van der Waals surface area contributed by atoms with E-state index in [-0.39, 0.29) is 0 Å². The van der Waals surface area contributed by atoms with E-state index in [9.17, 15) is 0 Å². The van der Waals surface area contributed by atoms with E-state index >= 15 is 0 Å². The van der Waals surface area contributed by atoms with E-state index in [0.29, 0.717) is 0 Å². The van der Waals surface area contributed by atoms with Gasteiger partial charge in [0.05, 0.1) is 60.6 Å². The lowest BCUT2D eigenvalue weighted by Crippen LogP contribution is -2.37. The summed E-state index contributed by atoms with van der Waals surface area (Å²) in [7, 11) is -3.60. The van der Waals surface area contributed by atoms with Crippen LogP contribution in [0.25, 0.3) is 191 Å². The van der Waals surface area contributed by atoms with Crippen LogP contribution in [-0.4, -0.2) is 29.8 Å². The van der Waals surface area contributed by atoms with Crippen LogP contribution < -0.4 is 10.4 Å². The normalized spacial score (nSPS) is 12.8. The van der Waals surface area contributed by atoms with Crippen molar-refractivity contribution in [3.63, 3.8) is 0 Å². The molecule has 0 fully saturated rings. The van der Waals surface area contributed by atoms with Gasteiger partial charge < -0.3 is 22.5 Å². The Morgan fingerprint density at radius 1 is 0.340 bits per heavy atom. The average Bonchev–Trinajstić information content (AvgIpc) is 1.57. The summed E-state index contributed by atoms with van der Waals surface area (Å²) in [6.07, 6.45) is 4.12. The van der Waals surface area contributed by atoms with Gasteiger partial charge in [-0.3, -0.25) is 0 Å². The Morgan fingerprint density at radius 3 is 1.52 bits per heavy atom. The number of thiophene rings is 1. The minimum atomic E-state index is -1.90. The maximum Gasteiger partial charge on any atom is 0.160 e. The molecular formula is C89H67N3O2SSi2. The number of hydrogen-bond donors (Lipinski definition) is 0. The van der Waals surface area contributed by atoms with Crippen molar-refractivity contribution >= 4 is 173 Å². The van der Waals surface area contributed by atoms with E-state index in [1.807, 2.05) is 17.4 Å². The Bertz CT molecular complexity index is 6630. The average molecular weight is 1300 g/mol. The van der Waals surface area contributed by atoms with Crippen LogP contribution in [-0.2, 0) is 0 Å². The summed E-state index contributed by atoms with van der Waals surface area (Å²) in [5.74, 6) is 0. The lowest BCUT2D eigenvalue weighted by atomic mass is 9.94. The van der Waals surface area contributed by atoms with E-state index in [4.69, 9.17) is 8.83 Å². The molecule has 6 aromatic heterocycles. The lowest BCUT2D eigenvalue weighted by molar-refractivity contribution is 0.668. The van der Waals surface area contributed by atoms with E-state index < -0.39 is 16.1 Å². The van der Waals surface area contributed by atoms with Gasteiger partial charge in [-0.2, -0.15) is 0 Å². The first-order valence-corrected chi connectivity index (χ1v) is 41.5. The fourth-order valence-corrected chi connectivity index (χ4v) is 20.5. The lowest BCUT2D eigenvalue weighted by Gasteiger charge is -2.16. The highest BCUT2D eigenvalue weighted by Gasteiger charge is 2.29. The van der Waals surface area contributed by atoms with Crippen LogP contribution in [0.2, 0.25) is 39.3 Å². The standard InChI is InChI=1S/C89H67N3O2SSi2/c1-9-59(10-2)90-74-44-39-55(51-70(74)71-52-57(40-45-75(71)90)56-41-46-76-69(50-56)62-27-14-16-34-72(62)91(76)78-36-20-30-63-64-31-21-37-80(96(3,4)5)85(64)93-84(63)78)54-25-18-26-58(49-54)60-42-48-79(87-82(60)68-33-22-38-81(86(68)94-87)97(6,7)8)92-73-35-17-15-28-67(73)83-77(92)47-43-66-65-32-19-29-61(88(65)95-89(66)83)53-23-12-11-13-24-53/h9-52H,1H2,2-8H3. The van der Waals surface area contributed by atoms with Gasteiger partial charge in [0.2, 0.25) is 0 Å². The van der Waals surface area contributed by atoms with Crippen LogP contribution in [0.5, 0.6) is 0 Å². The second-order valence-corrected chi connectivity index (χ2v) is 39.4. The molecule has 6 heterocycles. The minimum Gasteiger partial charge on any atom is -0.454 e. The van der Waals surface area contributed by atoms with Crippen molar-refractivity contribution in [2.24, 2.45) is 0 Å². The zero-order valence-electron chi connectivity index (χ0n) is 55.2. The molecule has 97 heavy (non-hydrogen) atoms. The fraction of sp³-hybridized carbons (Fsp3) is 0.0787. The fourth-order valence-electron chi connectivity index (χ4n) is 16.2. The van der Waals surface area contributed by atoms with Crippen LogP contribution in [0.15, 0.2) is 282 Å². The number of aromatic nitrogens is 3. The molecule has 0 spiro atoms. The first-order valence-electron chi connectivity index (χ1n) is 33.7. The third-order valence-corrected chi connectivity index (χ3v) is 25.9. The van der Waals surface area contributed by atoms with Crippen molar-refractivity contribution in [2.45, 2.75) is 46.2 Å². The largest absolute Gasteiger partial charge is 0.454 e. The van der Waals surface area contributed by atoms with Gasteiger partial charge in [-0.05, 0) is 141 Å². The zero-order chi connectivity index (χ0) is 65.3. The molecule has 0 N–H and O–H groups in total. The number of benzene rings is 13. The molecule has 0 amide bonds. The number of rotatable bonds is 10. The summed E-state index contributed by atoms with van der Waals surface area (Å²) in [6, 6.07) is 94.9. The van der Waals surface area contributed by atoms with Gasteiger partial charge in [0, 0.05) is 79.7 Å². The topological polar surface area (TPSA) is 41.1 Å². The molecule has 0 aliphatic carbocycles. The van der Waals surface area contributed by atoms with E-state index in [1.165, 1.54) is 79.4 Å². The molecule has 464 valence electrons. The molecule has 0 aliphatic heterocycles. The van der Waals surface area contributed by atoms with Gasteiger partial charge in [0.25, 0.3) is 0 Å². The maximum absolute atomic E-state index is 7.50. The second kappa shape index (κ2) is 21.2. The molecule has 0 atom stereocenters. The Kier molecular flexibility index (Phi) is 12.6. The molecule has 13 aromatic carbocycles. The highest BCUT2D eigenvalue weighted by molar-refractivity contribution is 7.27. The van der Waals surface area contributed by atoms with Crippen molar-refractivity contribution in [3.8, 4) is 55.9 Å². The quantitative estimate of drug-likeness (QED) is 0.101. The number of furan rings is 2. The molecule has 0 saturated carbocycles. The van der Waals surface area contributed by atoms with Crippen molar-refractivity contribution in [1.29, 1.82) is 0 Å². The Labute approximate surface area is 567 Å². The second-order valence-electron chi connectivity index (χ2n) is 28.3. The third kappa shape index (κ3) is 8.53. The van der Waals surface area contributed by atoms with Crippen LogP contribution in [0.1, 0.15) is 6.92 Å². The molecule has 19 aromatic rings. The van der Waals surface area contributed by atoms with Crippen molar-refractivity contribution in [2.75, 3.05) is 0 Å². The molecule has 0 aliphatic rings. The first-order chi connectivity index (χ1) is 47.3. The van der Waals surface area contributed by atoms with E-state index in [2.05, 4.69) is 327 Å². The number of allylic oxidation sites excluding steroid dienone is 3.